The second-order valence-corrected chi connectivity index (χ2v) is 4.40. The number of ether oxygens (including phenoxy) is 1. The van der Waals surface area contributed by atoms with Crippen LogP contribution in [-0.4, -0.2) is 33.6 Å². The van der Waals surface area contributed by atoms with Gasteiger partial charge in [-0.2, -0.15) is 0 Å². The highest BCUT2D eigenvalue weighted by Gasteiger charge is 2.05. The Morgan fingerprint density at radius 2 is 2.07 bits per heavy atom. The van der Waals surface area contributed by atoms with Crippen LogP contribution in [0.25, 0.3) is 0 Å². The predicted molar refractivity (Wildman–Crippen MR) is 54.5 cm³/mol. The molecule has 0 radical (unpaired) electrons. The quantitative estimate of drug-likeness (QED) is 0.540. The van der Waals surface area contributed by atoms with E-state index in [2.05, 4.69) is 9.97 Å². The molecule has 0 fully saturated rings. The van der Waals surface area contributed by atoms with Gasteiger partial charge in [0.2, 0.25) is 5.16 Å². The Balaban J connectivity index is 2.48. The van der Waals surface area contributed by atoms with E-state index in [1.54, 1.807) is 19.5 Å². The van der Waals surface area contributed by atoms with Gasteiger partial charge >= 0.3 is 0 Å². The molecule has 0 unspecified atom stereocenters. The first kappa shape index (κ1) is 11.3. The Bertz CT molecular complexity index is 300. The molecule has 78 valence electrons. The monoisotopic (exact) mass is 214 g/mol. The zero-order valence-electron chi connectivity index (χ0n) is 8.40. The molecule has 0 saturated carbocycles. The summed E-state index contributed by atoms with van der Waals surface area (Å²) in [5, 5.41) is 0.409. The zero-order valence-corrected chi connectivity index (χ0v) is 9.21. The molecular weight excluding hydrogens is 200 g/mol. The molecule has 1 heterocycles. The van der Waals surface area contributed by atoms with E-state index in [0.29, 0.717) is 17.5 Å². The van der Waals surface area contributed by atoms with Crippen molar-refractivity contribution in [2.75, 3.05) is 19.5 Å². The maximum Gasteiger partial charge on any atom is 0.218 e. The molecule has 0 saturated heterocycles. The highest BCUT2D eigenvalue weighted by atomic mass is 32.2. The van der Waals surface area contributed by atoms with E-state index in [9.17, 15) is 4.21 Å². The van der Waals surface area contributed by atoms with Crippen LogP contribution in [0.2, 0.25) is 0 Å². The molecule has 0 aliphatic carbocycles. The molecule has 0 aromatic carbocycles. The Hall–Kier alpha value is -0.810. The number of rotatable bonds is 5. The normalized spacial score (nSPS) is 12.7. The first-order valence-electron chi connectivity index (χ1n) is 4.40. The van der Waals surface area contributed by atoms with Gasteiger partial charge in [0, 0.05) is 31.9 Å². The highest BCUT2D eigenvalue weighted by Crippen LogP contribution is 2.01. The molecule has 0 aliphatic rings. The molecule has 1 rings (SSSR count). The van der Waals surface area contributed by atoms with Gasteiger partial charge in [-0.1, -0.05) is 0 Å². The van der Waals surface area contributed by atoms with Gasteiger partial charge in [0.15, 0.2) is 0 Å². The fourth-order valence-corrected chi connectivity index (χ4v) is 1.83. The summed E-state index contributed by atoms with van der Waals surface area (Å²) in [5.41, 5.74) is 0.975. The minimum atomic E-state index is -1.10. The molecule has 0 aliphatic heterocycles. The predicted octanol–water partition coefficient (Wildman–Crippen LogP) is 0.929. The second-order valence-electron chi connectivity index (χ2n) is 2.94. The molecule has 1 aromatic heterocycles. The molecule has 1 atom stereocenters. The number of aryl methyl sites for hydroxylation is 1. The van der Waals surface area contributed by atoms with E-state index in [0.717, 1.165) is 12.0 Å². The van der Waals surface area contributed by atoms with E-state index < -0.39 is 10.8 Å². The molecule has 0 N–H and O–H groups in total. The van der Waals surface area contributed by atoms with Gasteiger partial charge in [-0.25, -0.2) is 9.97 Å². The van der Waals surface area contributed by atoms with Gasteiger partial charge in [0.05, 0.1) is 10.8 Å². The smallest absolute Gasteiger partial charge is 0.218 e. The fourth-order valence-electron chi connectivity index (χ4n) is 0.924. The van der Waals surface area contributed by atoms with Gasteiger partial charge in [-0.15, -0.1) is 0 Å². The van der Waals surface area contributed by atoms with Crippen LogP contribution in [0.4, 0.5) is 0 Å². The zero-order chi connectivity index (χ0) is 10.4. The summed E-state index contributed by atoms with van der Waals surface area (Å²) in [6, 6.07) is 0. The summed E-state index contributed by atoms with van der Waals surface area (Å²) in [6.45, 7) is 2.52. The summed E-state index contributed by atoms with van der Waals surface area (Å²) < 4.78 is 16.4. The number of hydrogen-bond donors (Lipinski definition) is 0. The number of aromatic nitrogens is 2. The van der Waals surface area contributed by atoms with Gasteiger partial charge in [-0.05, 0) is 18.9 Å². The summed E-state index contributed by atoms with van der Waals surface area (Å²) in [6.07, 6.45) is 4.12. The minimum absolute atomic E-state index is 0.409. The first-order valence-corrected chi connectivity index (χ1v) is 5.72. The molecule has 1 aromatic rings. The lowest BCUT2D eigenvalue weighted by molar-refractivity contribution is 0.200. The highest BCUT2D eigenvalue weighted by molar-refractivity contribution is 7.84. The van der Waals surface area contributed by atoms with Crippen LogP contribution in [0, 0.1) is 6.92 Å². The summed E-state index contributed by atoms with van der Waals surface area (Å²) in [7, 11) is 0.535. The van der Waals surface area contributed by atoms with Crippen LogP contribution in [0.5, 0.6) is 0 Å². The van der Waals surface area contributed by atoms with Crippen molar-refractivity contribution in [2.24, 2.45) is 0 Å². The third-order valence-electron chi connectivity index (χ3n) is 1.64. The lowest BCUT2D eigenvalue weighted by Crippen LogP contribution is -2.05. The summed E-state index contributed by atoms with van der Waals surface area (Å²) >= 11 is 0. The van der Waals surface area contributed by atoms with E-state index >= 15 is 0 Å². The Morgan fingerprint density at radius 1 is 1.43 bits per heavy atom. The third-order valence-corrected chi connectivity index (χ3v) is 2.92. The van der Waals surface area contributed by atoms with Crippen LogP contribution in [-0.2, 0) is 15.5 Å². The number of methoxy groups -OCH3 is 1. The van der Waals surface area contributed by atoms with E-state index in [1.807, 2.05) is 6.92 Å². The van der Waals surface area contributed by atoms with Gasteiger partial charge in [0.25, 0.3) is 0 Å². The number of hydrogen-bond acceptors (Lipinski definition) is 4. The maximum atomic E-state index is 11.6. The van der Waals surface area contributed by atoms with E-state index in [-0.39, 0.29) is 0 Å². The van der Waals surface area contributed by atoms with Crippen molar-refractivity contribution in [1.29, 1.82) is 0 Å². The molecular formula is C9H14N2O2S. The van der Waals surface area contributed by atoms with Crippen molar-refractivity contribution >= 4 is 10.8 Å². The molecule has 0 spiro atoms. The average Bonchev–Trinajstić information content (AvgIpc) is 2.19. The molecule has 0 bridgehead atoms. The van der Waals surface area contributed by atoms with Crippen LogP contribution in [0.15, 0.2) is 17.6 Å². The Kier molecular flexibility index (Phi) is 4.69. The second kappa shape index (κ2) is 5.82. The average molecular weight is 214 g/mol. The molecule has 5 heteroatoms. The van der Waals surface area contributed by atoms with Crippen molar-refractivity contribution in [3.05, 3.63) is 18.0 Å². The van der Waals surface area contributed by atoms with Gasteiger partial charge < -0.3 is 4.74 Å². The Labute approximate surface area is 86.2 Å². The minimum Gasteiger partial charge on any atom is -0.385 e. The largest absolute Gasteiger partial charge is 0.385 e. The van der Waals surface area contributed by atoms with Crippen LogP contribution >= 0.6 is 0 Å². The summed E-state index contributed by atoms with van der Waals surface area (Å²) in [4.78, 5) is 8.01. The van der Waals surface area contributed by atoms with Crippen molar-refractivity contribution < 1.29 is 8.95 Å². The molecule has 4 nitrogen and oxygen atoms in total. The van der Waals surface area contributed by atoms with Crippen LogP contribution in [0.3, 0.4) is 0 Å². The van der Waals surface area contributed by atoms with Gasteiger partial charge in [0.1, 0.15) is 0 Å². The topological polar surface area (TPSA) is 52.1 Å². The Morgan fingerprint density at radius 3 is 2.64 bits per heavy atom. The standard InChI is InChI=1S/C9H14N2O2S/c1-8-6-10-9(11-7-8)14(12)5-3-4-13-2/h6-7H,3-5H2,1-2H3/t14-/m0/s1. The lowest BCUT2D eigenvalue weighted by atomic mass is 10.4. The van der Waals surface area contributed by atoms with Crippen molar-refractivity contribution in [2.45, 2.75) is 18.5 Å². The third kappa shape index (κ3) is 3.51. The van der Waals surface area contributed by atoms with Crippen LogP contribution < -0.4 is 0 Å². The molecule has 14 heavy (non-hydrogen) atoms. The maximum absolute atomic E-state index is 11.6. The van der Waals surface area contributed by atoms with Crippen LogP contribution in [0.1, 0.15) is 12.0 Å². The fraction of sp³-hybridized carbons (Fsp3) is 0.556. The van der Waals surface area contributed by atoms with Crippen molar-refractivity contribution in [3.63, 3.8) is 0 Å². The summed E-state index contributed by atoms with van der Waals surface area (Å²) in [5.74, 6) is 0.552. The molecule has 0 amide bonds. The van der Waals surface area contributed by atoms with E-state index in [4.69, 9.17) is 4.74 Å². The van der Waals surface area contributed by atoms with Gasteiger partial charge in [-0.3, -0.25) is 4.21 Å². The van der Waals surface area contributed by atoms with E-state index in [1.165, 1.54) is 0 Å². The van der Waals surface area contributed by atoms with Crippen molar-refractivity contribution in [1.82, 2.24) is 9.97 Å². The first-order chi connectivity index (χ1) is 6.74. The SMILES string of the molecule is COCCC[S@](=O)c1ncc(C)cn1. The number of nitrogens with zero attached hydrogens (tertiary/aromatic N) is 2. The van der Waals surface area contributed by atoms with Crippen molar-refractivity contribution in [3.8, 4) is 0 Å². The lowest BCUT2D eigenvalue weighted by Gasteiger charge is -2.00.